The van der Waals surface area contributed by atoms with Gasteiger partial charge in [-0.1, -0.05) is 25.9 Å². The third-order valence-electron chi connectivity index (χ3n) is 2.40. The predicted molar refractivity (Wildman–Crippen MR) is 60.8 cm³/mol. The molecule has 2 aromatic rings. The van der Waals surface area contributed by atoms with Crippen molar-refractivity contribution in [2.45, 2.75) is 33.1 Å². The highest BCUT2D eigenvalue weighted by Crippen LogP contribution is 2.31. The quantitative estimate of drug-likeness (QED) is 0.747. The molecule has 0 amide bonds. The molecule has 5 nitrogen and oxygen atoms in total. The molecule has 0 aliphatic carbocycles. The summed E-state index contributed by atoms with van der Waals surface area (Å²) >= 11 is 0. The third kappa shape index (κ3) is 2.00. The van der Waals surface area contributed by atoms with E-state index in [2.05, 4.69) is 10.1 Å². The Morgan fingerprint density at radius 3 is 2.59 bits per heavy atom. The topological polar surface area (TPSA) is 69.1 Å². The number of carbonyl (C=O) groups excluding carboxylic acids is 1. The van der Waals surface area contributed by atoms with Crippen molar-refractivity contribution in [2.24, 2.45) is 0 Å². The SMILES string of the molecule is Cc1nc(-c2oncc2C=O)oc1C(C)(C)C. The molecule has 2 heterocycles. The zero-order valence-electron chi connectivity index (χ0n) is 10.3. The van der Waals surface area contributed by atoms with Crippen LogP contribution in [0.25, 0.3) is 11.7 Å². The molecule has 0 spiro atoms. The third-order valence-corrected chi connectivity index (χ3v) is 2.40. The molecule has 90 valence electrons. The van der Waals surface area contributed by atoms with Gasteiger partial charge < -0.3 is 8.94 Å². The van der Waals surface area contributed by atoms with Gasteiger partial charge in [-0.15, -0.1) is 0 Å². The van der Waals surface area contributed by atoms with Crippen molar-refractivity contribution in [1.82, 2.24) is 10.1 Å². The number of oxazole rings is 1. The lowest BCUT2D eigenvalue weighted by Gasteiger charge is -2.14. The van der Waals surface area contributed by atoms with E-state index in [1.54, 1.807) is 0 Å². The van der Waals surface area contributed by atoms with Crippen molar-refractivity contribution in [3.05, 3.63) is 23.2 Å². The van der Waals surface area contributed by atoms with Crippen LogP contribution in [-0.4, -0.2) is 16.4 Å². The summed E-state index contributed by atoms with van der Waals surface area (Å²) in [6, 6.07) is 0. The normalized spacial score (nSPS) is 11.8. The molecule has 0 aliphatic rings. The minimum absolute atomic E-state index is 0.142. The van der Waals surface area contributed by atoms with Gasteiger partial charge in [0.25, 0.3) is 5.89 Å². The molecule has 0 unspecified atom stereocenters. The monoisotopic (exact) mass is 234 g/mol. The summed E-state index contributed by atoms with van der Waals surface area (Å²) in [4.78, 5) is 15.0. The molecular weight excluding hydrogens is 220 g/mol. The van der Waals surface area contributed by atoms with Crippen LogP contribution in [-0.2, 0) is 5.41 Å². The second kappa shape index (κ2) is 3.84. The molecule has 17 heavy (non-hydrogen) atoms. The van der Waals surface area contributed by atoms with Crippen LogP contribution < -0.4 is 0 Å². The van der Waals surface area contributed by atoms with Crippen molar-refractivity contribution in [2.75, 3.05) is 0 Å². The number of rotatable bonds is 2. The van der Waals surface area contributed by atoms with Crippen LogP contribution in [0, 0.1) is 6.92 Å². The summed E-state index contributed by atoms with van der Waals surface area (Å²) in [5.41, 5.74) is 0.990. The van der Waals surface area contributed by atoms with Crippen molar-refractivity contribution in [3.8, 4) is 11.7 Å². The van der Waals surface area contributed by atoms with Crippen molar-refractivity contribution >= 4 is 6.29 Å². The number of aldehydes is 1. The first-order valence-electron chi connectivity index (χ1n) is 5.31. The van der Waals surface area contributed by atoms with Crippen molar-refractivity contribution in [1.29, 1.82) is 0 Å². The minimum Gasteiger partial charge on any atom is -0.438 e. The van der Waals surface area contributed by atoms with Crippen LogP contribution in [0.2, 0.25) is 0 Å². The van der Waals surface area contributed by atoms with Gasteiger partial charge in [0.15, 0.2) is 6.29 Å². The zero-order valence-corrected chi connectivity index (χ0v) is 10.3. The molecule has 0 saturated carbocycles. The Hall–Kier alpha value is -1.91. The maximum absolute atomic E-state index is 10.8. The Morgan fingerprint density at radius 2 is 2.06 bits per heavy atom. The van der Waals surface area contributed by atoms with Crippen molar-refractivity contribution in [3.63, 3.8) is 0 Å². The number of hydrogen-bond donors (Lipinski definition) is 0. The molecule has 0 aliphatic heterocycles. The summed E-state index contributed by atoms with van der Waals surface area (Å²) in [6.07, 6.45) is 2.01. The first-order chi connectivity index (χ1) is 7.93. The summed E-state index contributed by atoms with van der Waals surface area (Å²) in [5, 5.41) is 3.56. The van der Waals surface area contributed by atoms with E-state index in [4.69, 9.17) is 8.94 Å². The van der Waals surface area contributed by atoms with E-state index < -0.39 is 0 Å². The lowest BCUT2D eigenvalue weighted by atomic mass is 9.92. The summed E-state index contributed by atoms with van der Waals surface area (Å²) < 4.78 is 10.6. The highest BCUT2D eigenvalue weighted by atomic mass is 16.5. The second-order valence-corrected chi connectivity index (χ2v) is 4.91. The van der Waals surface area contributed by atoms with Crippen LogP contribution in [0.3, 0.4) is 0 Å². The Balaban J connectivity index is 2.52. The van der Waals surface area contributed by atoms with Gasteiger partial charge in [0.2, 0.25) is 5.76 Å². The Bertz CT molecular complexity index is 546. The maximum atomic E-state index is 10.8. The molecule has 0 aromatic carbocycles. The summed E-state index contributed by atoms with van der Waals surface area (Å²) in [5.74, 6) is 1.35. The molecule has 0 radical (unpaired) electrons. The minimum atomic E-state index is -0.142. The fraction of sp³-hybridized carbons (Fsp3) is 0.417. The van der Waals surface area contributed by atoms with Gasteiger partial charge in [0.05, 0.1) is 17.5 Å². The van der Waals surface area contributed by atoms with Crippen LogP contribution in [0.5, 0.6) is 0 Å². The van der Waals surface area contributed by atoms with Crippen LogP contribution >= 0.6 is 0 Å². The van der Waals surface area contributed by atoms with Gasteiger partial charge in [-0.05, 0) is 6.92 Å². The molecule has 0 saturated heterocycles. The first-order valence-corrected chi connectivity index (χ1v) is 5.31. The van der Waals surface area contributed by atoms with E-state index in [-0.39, 0.29) is 11.2 Å². The van der Waals surface area contributed by atoms with Gasteiger partial charge in [0.1, 0.15) is 5.76 Å². The van der Waals surface area contributed by atoms with Crippen LogP contribution in [0.4, 0.5) is 0 Å². The van der Waals surface area contributed by atoms with E-state index in [0.29, 0.717) is 17.7 Å². The largest absolute Gasteiger partial charge is 0.438 e. The number of nitrogens with zero attached hydrogens (tertiary/aromatic N) is 2. The number of carbonyl (C=O) groups is 1. The maximum Gasteiger partial charge on any atom is 0.267 e. The van der Waals surface area contributed by atoms with Gasteiger partial charge in [-0.2, -0.15) is 0 Å². The lowest BCUT2D eigenvalue weighted by Crippen LogP contribution is -2.11. The number of aryl methyl sites for hydroxylation is 1. The molecule has 0 atom stereocenters. The molecule has 0 bridgehead atoms. The summed E-state index contributed by atoms with van der Waals surface area (Å²) in [7, 11) is 0. The number of hydrogen-bond acceptors (Lipinski definition) is 5. The van der Waals surface area contributed by atoms with E-state index in [0.717, 1.165) is 11.5 Å². The Morgan fingerprint density at radius 1 is 1.35 bits per heavy atom. The standard InChI is InChI=1S/C12H14N2O3/c1-7-10(12(2,3)4)16-11(14-7)9-8(6-15)5-13-17-9/h5-6H,1-4H3. The van der Waals surface area contributed by atoms with E-state index in [1.807, 2.05) is 27.7 Å². The fourth-order valence-electron chi connectivity index (χ4n) is 1.68. The molecule has 2 rings (SSSR count). The molecular formula is C12H14N2O3. The Labute approximate surface area is 98.8 Å². The fourth-order valence-corrected chi connectivity index (χ4v) is 1.68. The molecule has 5 heteroatoms. The smallest absolute Gasteiger partial charge is 0.267 e. The second-order valence-electron chi connectivity index (χ2n) is 4.91. The Kier molecular flexibility index (Phi) is 2.61. The van der Waals surface area contributed by atoms with Crippen LogP contribution in [0.15, 0.2) is 15.1 Å². The van der Waals surface area contributed by atoms with Gasteiger partial charge in [-0.3, -0.25) is 4.79 Å². The molecule has 0 N–H and O–H groups in total. The summed E-state index contributed by atoms with van der Waals surface area (Å²) in [6.45, 7) is 7.96. The highest BCUT2D eigenvalue weighted by molar-refractivity contribution is 5.82. The average molecular weight is 234 g/mol. The highest BCUT2D eigenvalue weighted by Gasteiger charge is 2.25. The predicted octanol–water partition coefficient (Wildman–Crippen LogP) is 2.75. The van der Waals surface area contributed by atoms with Gasteiger partial charge >= 0.3 is 0 Å². The van der Waals surface area contributed by atoms with Gasteiger partial charge in [-0.25, -0.2) is 4.98 Å². The van der Waals surface area contributed by atoms with E-state index >= 15 is 0 Å². The van der Waals surface area contributed by atoms with Gasteiger partial charge in [0, 0.05) is 5.41 Å². The number of aromatic nitrogens is 2. The zero-order chi connectivity index (χ0) is 12.6. The van der Waals surface area contributed by atoms with E-state index in [9.17, 15) is 4.79 Å². The van der Waals surface area contributed by atoms with Crippen LogP contribution in [0.1, 0.15) is 42.6 Å². The van der Waals surface area contributed by atoms with E-state index in [1.165, 1.54) is 6.20 Å². The van der Waals surface area contributed by atoms with Crippen molar-refractivity contribution < 1.29 is 13.7 Å². The molecule has 0 fully saturated rings. The lowest BCUT2D eigenvalue weighted by molar-refractivity contribution is 0.112. The average Bonchev–Trinajstić information content (AvgIpc) is 2.81. The first kappa shape index (κ1) is 11.6. The molecule has 2 aromatic heterocycles.